The van der Waals surface area contributed by atoms with Gasteiger partial charge in [-0.05, 0) is 18.5 Å². The zero-order valence-electron chi connectivity index (χ0n) is 10.3. The number of nitrogens with one attached hydrogen (secondary N) is 2. The zero-order chi connectivity index (χ0) is 13.4. The summed E-state index contributed by atoms with van der Waals surface area (Å²) in [6, 6.07) is 6.23. The topological polar surface area (TPSA) is 84.3 Å². The second kappa shape index (κ2) is 7.39. The van der Waals surface area contributed by atoms with E-state index in [2.05, 4.69) is 10.6 Å². The van der Waals surface area contributed by atoms with Crippen molar-refractivity contribution in [1.82, 2.24) is 10.6 Å². The van der Waals surface area contributed by atoms with Crippen molar-refractivity contribution in [1.29, 1.82) is 0 Å². The van der Waals surface area contributed by atoms with Crippen LogP contribution in [0.3, 0.4) is 0 Å². The van der Waals surface area contributed by atoms with Crippen LogP contribution in [0.2, 0.25) is 0 Å². The fraction of sp³-hybridized carbons (Fsp3) is 0.417. The van der Waals surface area contributed by atoms with Gasteiger partial charge in [-0.15, -0.1) is 0 Å². The van der Waals surface area contributed by atoms with Gasteiger partial charge in [0, 0.05) is 18.7 Å². The van der Waals surface area contributed by atoms with E-state index in [9.17, 15) is 14.9 Å². The van der Waals surface area contributed by atoms with Crippen molar-refractivity contribution >= 4 is 11.6 Å². The molecule has 1 amide bonds. The zero-order valence-corrected chi connectivity index (χ0v) is 10.3. The lowest BCUT2D eigenvalue weighted by Crippen LogP contribution is -2.33. The minimum absolute atomic E-state index is 0.0332. The molecule has 0 heterocycles. The van der Waals surface area contributed by atoms with Crippen LogP contribution in [-0.2, 0) is 11.3 Å². The Hall–Kier alpha value is -1.95. The SMILES string of the molecule is CCCNCC(=O)NCc1cccc([N+](=O)[O-])c1. The molecule has 0 fully saturated rings. The first kappa shape index (κ1) is 14.1. The van der Waals surface area contributed by atoms with Gasteiger partial charge in [0.05, 0.1) is 11.5 Å². The summed E-state index contributed by atoms with van der Waals surface area (Å²) in [5.74, 6) is -0.116. The van der Waals surface area contributed by atoms with Crippen LogP contribution >= 0.6 is 0 Å². The molecule has 0 aromatic heterocycles. The summed E-state index contributed by atoms with van der Waals surface area (Å²) < 4.78 is 0. The maximum absolute atomic E-state index is 11.4. The number of amides is 1. The lowest BCUT2D eigenvalue weighted by Gasteiger charge is -2.06. The number of nitro benzene ring substituents is 1. The maximum atomic E-state index is 11.4. The van der Waals surface area contributed by atoms with Crippen molar-refractivity contribution in [2.75, 3.05) is 13.1 Å². The highest BCUT2D eigenvalue weighted by Crippen LogP contribution is 2.12. The molecule has 0 spiro atoms. The molecule has 0 bridgehead atoms. The molecule has 1 rings (SSSR count). The Kier molecular flexibility index (Phi) is 5.79. The Bertz CT molecular complexity index is 421. The summed E-state index contributed by atoms with van der Waals surface area (Å²) in [5, 5.41) is 16.3. The van der Waals surface area contributed by atoms with Crippen molar-refractivity contribution in [2.45, 2.75) is 19.9 Å². The fourth-order valence-corrected chi connectivity index (χ4v) is 1.42. The van der Waals surface area contributed by atoms with E-state index in [-0.39, 0.29) is 18.1 Å². The van der Waals surface area contributed by atoms with Crippen molar-refractivity contribution in [3.8, 4) is 0 Å². The van der Waals surface area contributed by atoms with Crippen LogP contribution in [0.5, 0.6) is 0 Å². The molecule has 2 N–H and O–H groups in total. The third-order valence-corrected chi connectivity index (χ3v) is 2.32. The van der Waals surface area contributed by atoms with Crippen LogP contribution < -0.4 is 10.6 Å². The highest BCUT2D eigenvalue weighted by Gasteiger charge is 2.06. The minimum Gasteiger partial charge on any atom is -0.351 e. The van der Waals surface area contributed by atoms with Crippen LogP contribution in [0.25, 0.3) is 0 Å². The summed E-state index contributed by atoms with van der Waals surface area (Å²) in [7, 11) is 0. The van der Waals surface area contributed by atoms with Gasteiger partial charge in [0.15, 0.2) is 0 Å². The summed E-state index contributed by atoms with van der Waals surface area (Å²) in [6.45, 7) is 3.38. The normalized spacial score (nSPS) is 10.1. The Labute approximate surface area is 106 Å². The summed E-state index contributed by atoms with van der Waals surface area (Å²) >= 11 is 0. The molecule has 6 heteroatoms. The van der Waals surface area contributed by atoms with E-state index in [0.29, 0.717) is 12.1 Å². The van der Waals surface area contributed by atoms with Crippen LogP contribution in [0.4, 0.5) is 5.69 Å². The fourth-order valence-electron chi connectivity index (χ4n) is 1.42. The van der Waals surface area contributed by atoms with E-state index >= 15 is 0 Å². The molecule has 6 nitrogen and oxygen atoms in total. The van der Waals surface area contributed by atoms with Gasteiger partial charge in [-0.25, -0.2) is 0 Å². The average Bonchev–Trinajstić information content (AvgIpc) is 2.37. The van der Waals surface area contributed by atoms with Gasteiger partial charge >= 0.3 is 0 Å². The van der Waals surface area contributed by atoms with Gasteiger partial charge in [-0.2, -0.15) is 0 Å². The molecule has 1 aromatic rings. The van der Waals surface area contributed by atoms with E-state index in [1.165, 1.54) is 12.1 Å². The number of rotatable bonds is 7. The Balaban J connectivity index is 2.41. The van der Waals surface area contributed by atoms with Gasteiger partial charge in [-0.1, -0.05) is 19.1 Å². The Morgan fingerprint density at radius 2 is 2.22 bits per heavy atom. The maximum Gasteiger partial charge on any atom is 0.269 e. The quantitative estimate of drug-likeness (QED) is 0.433. The number of hydrogen-bond donors (Lipinski definition) is 2. The number of hydrogen-bond acceptors (Lipinski definition) is 4. The summed E-state index contributed by atoms with van der Waals surface area (Å²) in [5.41, 5.74) is 0.749. The molecular weight excluding hydrogens is 234 g/mol. The third-order valence-electron chi connectivity index (χ3n) is 2.32. The largest absolute Gasteiger partial charge is 0.351 e. The van der Waals surface area contributed by atoms with Gasteiger partial charge in [0.25, 0.3) is 5.69 Å². The number of nitro groups is 1. The molecule has 0 radical (unpaired) electrons. The molecule has 0 aliphatic heterocycles. The molecule has 98 valence electrons. The number of benzene rings is 1. The first-order chi connectivity index (χ1) is 8.63. The van der Waals surface area contributed by atoms with Gasteiger partial charge in [-0.3, -0.25) is 14.9 Å². The Morgan fingerprint density at radius 1 is 1.44 bits per heavy atom. The van der Waals surface area contributed by atoms with Gasteiger partial charge in [0.2, 0.25) is 5.91 Å². The van der Waals surface area contributed by atoms with Crippen LogP contribution in [0, 0.1) is 10.1 Å². The lowest BCUT2D eigenvalue weighted by molar-refractivity contribution is -0.384. The van der Waals surface area contributed by atoms with Crippen LogP contribution in [0.1, 0.15) is 18.9 Å². The standard InChI is InChI=1S/C12H17N3O3/c1-2-6-13-9-12(16)14-8-10-4-3-5-11(7-10)15(17)18/h3-5,7,13H,2,6,8-9H2,1H3,(H,14,16). The molecule has 0 saturated heterocycles. The van der Waals surface area contributed by atoms with Crippen LogP contribution in [-0.4, -0.2) is 23.9 Å². The summed E-state index contributed by atoms with van der Waals surface area (Å²) in [6.07, 6.45) is 0.970. The predicted octanol–water partition coefficient (Wildman–Crippen LogP) is 1.21. The lowest BCUT2D eigenvalue weighted by atomic mass is 10.2. The van der Waals surface area contributed by atoms with Crippen molar-refractivity contribution in [2.24, 2.45) is 0 Å². The molecule has 0 unspecified atom stereocenters. The Morgan fingerprint density at radius 3 is 2.89 bits per heavy atom. The van der Waals surface area contributed by atoms with E-state index in [1.54, 1.807) is 12.1 Å². The van der Waals surface area contributed by atoms with Crippen molar-refractivity contribution in [3.63, 3.8) is 0 Å². The highest BCUT2D eigenvalue weighted by molar-refractivity contribution is 5.77. The second-order valence-electron chi connectivity index (χ2n) is 3.88. The molecule has 0 saturated carbocycles. The van der Waals surface area contributed by atoms with E-state index in [1.807, 2.05) is 6.92 Å². The monoisotopic (exact) mass is 251 g/mol. The molecular formula is C12H17N3O3. The second-order valence-corrected chi connectivity index (χ2v) is 3.88. The van der Waals surface area contributed by atoms with Crippen LogP contribution in [0.15, 0.2) is 24.3 Å². The van der Waals surface area contributed by atoms with Crippen molar-refractivity contribution in [3.05, 3.63) is 39.9 Å². The predicted molar refractivity (Wildman–Crippen MR) is 68.1 cm³/mol. The van der Waals surface area contributed by atoms with Crippen molar-refractivity contribution < 1.29 is 9.72 Å². The first-order valence-electron chi connectivity index (χ1n) is 5.84. The number of carbonyl (C=O) groups excluding carboxylic acids is 1. The van der Waals surface area contributed by atoms with E-state index in [4.69, 9.17) is 0 Å². The molecule has 0 atom stereocenters. The average molecular weight is 251 g/mol. The van der Waals surface area contributed by atoms with Gasteiger partial charge < -0.3 is 10.6 Å². The van der Waals surface area contributed by atoms with E-state index in [0.717, 1.165) is 13.0 Å². The minimum atomic E-state index is -0.450. The smallest absolute Gasteiger partial charge is 0.269 e. The molecule has 18 heavy (non-hydrogen) atoms. The number of non-ortho nitro benzene ring substituents is 1. The number of carbonyl (C=O) groups is 1. The molecule has 0 aliphatic carbocycles. The summed E-state index contributed by atoms with van der Waals surface area (Å²) in [4.78, 5) is 21.5. The highest BCUT2D eigenvalue weighted by atomic mass is 16.6. The third kappa shape index (κ3) is 4.92. The first-order valence-corrected chi connectivity index (χ1v) is 5.84. The van der Waals surface area contributed by atoms with Gasteiger partial charge in [0.1, 0.15) is 0 Å². The molecule has 1 aromatic carbocycles. The number of nitrogens with zero attached hydrogens (tertiary/aromatic N) is 1. The molecule has 0 aliphatic rings. The van der Waals surface area contributed by atoms with E-state index < -0.39 is 4.92 Å².